The number of nitrogen functional groups attached to an aromatic ring is 1. The van der Waals surface area contributed by atoms with Crippen molar-refractivity contribution in [3.8, 4) is 34.6 Å². The predicted octanol–water partition coefficient (Wildman–Crippen LogP) is 8.61. The molecule has 5 atom stereocenters. The first-order valence-corrected chi connectivity index (χ1v) is 27.1. The highest BCUT2D eigenvalue weighted by Crippen LogP contribution is 2.47. The molecule has 3 saturated heterocycles. The number of benzene rings is 3. The number of nitrogens with two attached hydrogens (primary N) is 1. The summed E-state index contributed by atoms with van der Waals surface area (Å²) in [6.45, 7) is 9.94. The highest BCUT2D eigenvalue weighted by molar-refractivity contribution is 7.23. The number of esters is 1. The van der Waals surface area contributed by atoms with Gasteiger partial charge in [0.25, 0.3) is 11.5 Å². The van der Waals surface area contributed by atoms with Crippen LogP contribution >= 0.6 is 22.9 Å². The molecule has 9 heterocycles. The second-order valence-electron chi connectivity index (χ2n) is 21.0. The lowest BCUT2D eigenvalue weighted by Crippen LogP contribution is -2.54. The van der Waals surface area contributed by atoms with Crippen LogP contribution in [-0.4, -0.2) is 116 Å². The van der Waals surface area contributed by atoms with Gasteiger partial charge in [-0.1, -0.05) is 31.2 Å². The van der Waals surface area contributed by atoms with Gasteiger partial charge in [0.2, 0.25) is 0 Å². The number of thiophene rings is 1. The number of aromatic nitrogens is 4. The lowest BCUT2D eigenvalue weighted by Gasteiger charge is -2.41. The number of carbonyl (C=O) groups excluding carboxylic acids is 3. The molecular formula is C56H49ClF4N10O8S. The lowest BCUT2D eigenvalue weighted by molar-refractivity contribution is -0.172. The van der Waals surface area contributed by atoms with E-state index in [4.69, 9.17) is 36.5 Å². The van der Waals surface area contributed by atoms with Crippen LogP contribution in [0.1, 0.15) is 68.7 Å². The predicted molar refractivity (Wildman–Crippen MR) is 290 cm³/mol. The van der Waals surface area contributed by atoms with Crippen molar-refractivity contribution in [3.63, 3.8) is 0 Å². The summed E-state index contributed by atoms with van der Waals surface area (Å²) in [7, 11) is 0. The topological polar surface area (TPSA) is 231 Å². The zero-order valence-electron chi connectivity index (χ0n) is 43.2. The molecular weight excluding hydrogens is 1080 g/mol. The summed E-state index contributed by atoms with van der Waals surface area (Å²) in [5.41, 5.74) is 4.23. The molecule has 3 aromatic carbocycles. The zero-order valence-corrected chi connectivity index (χ0v) is 44.8. The van der Waals surface area contributed by atoms with Gasteiger partial charge < -0.3 is 39.4 Å². The van der Waals surface area contributed by atoms with Crippen molar-refractivity contribution in [2.24, 2.45) is 0 Å². The first-order valence-electron chi connectivity index (χ1n) is 25.9. The second kappa shape index (κ2) is 19.4. The van der Waals surface area contributed by atoms with Crippen LogP contribution in [0.3, 0.4) is 0 Å². The Kier molecular flexibility index (Phi) is 12.8. The SMILES string of the molecule is C=C(C(=O)N1CCN(c2nc(OC[C@@]34CCCN3C[C@H](F)C4)nc3c(F)c(-c4ccc(F)c5sc(N)c(C#N)c45)c(Cl)cc23)[C@@H](C)C1)[C@@H](C)OC(=O)Nc1cc2cc3c(nc2cc1F)-c1cc2c(c(=O)n1C3)COC(=O)[C@@]2(O)CC. The standard InChI is InChI=1S/C56H49ClF4N10O8S/c1-5-56(76)35-16-41-45-29(21-71(41)51(73)34(35)23-77-52(56)74)13-28-14-40(38(60)17-39(28)64-45)65-54(75)79-27(4)26(3)50(72)68-11-12-70(25(2)20-68)49-32-15-36(57)43(31-7-8-37(59)47-42(31)33(19-62)48(63)80-47)44(61)46(32)66-53(67-49)78-24-55-9-6-10-69(55)22-30(58)18-55/h7-8,13-17,25,27,30,76H,3,5-6,9-12,18,20-24,63H2,1-2,4H3,(H,65,75)/t25-,27+,30+,55-,56+/m0/s1. The van der Waals surface area contributed by atoms with Crippen molar-refractivity contribution in [2.45, 2.75) is 89.1 Å². The van der Waals surface area contributed by atoms with Crippen LogP contribution in [0.4, 0.5) is 38.9 Å². The Morgan fingerprint density at radius 2 is 1.90 bits per heavy atom. The smallest absolute Gasteiger partial charge is 0.412 e. The third-order valence-electron chi connectivity index (χ3n) is 16.3. The maximum absolute atomic E-state index is 17.5. The number of ether oxygens (including phenoxy) is 3. The van der Waals surface area contributed by atoms with Gasteiger partial charge in [-0.25, -0.2) is 32.1 Å². The fourth-order valence-corrected chi connectivity index (χ4v) is 13.4. The van der Waals surface area contributed by atoms with Crippen LogP contribution in [0.25, 0.3) is 54.4 Å². The lowest BCUT2D eigenvalue weighted by atomic mass is 9.86. The molecule has 24 heteroatoms. The summed E-state index contributed by atoms with van der Waals surface area (Å²) < 4.78 is 81.7. The van der Waals surface area contributed by atoms with E-state index in [1.165, 1.54) is 34.6 Å². The molecule has 5 aliphatic rings. The number of fused-ring (bicyclic) bond motifs is 8. The van der Waals surface area contributed by atoms with E-state index in [-0.39, 0.29) is 146 Å². The molecule has 0 unspecified atom stereocenters. The minimum absolute atomic E-state index is 0.0306. The molecule has 5 aliphatic heterocycles. The summed E-state index contributed by atoms with van der Waals surface area (Å²) in [4.78, 5) is 73.1. The van der Waals surface area contributed by atoms with E-state index in [0.29, 0.717) is 35.3 Å². The average Bonchev–Trinajstić information content (AvgIpc) is 4.31. The van der Waals surface area contributed by atoms with E-state index >= 15 is 13.2 Å². The number of nitriles is 1. The molecule has 4 N–H and O–H groups in total. The van der Waals surface area contributed by atoms with Crippen molar-refractivity contribution in [2.75, 3.05) is 55.3 Å². The minimum atomic E-state index is -2.02. The molecule has 80 heavy (non-hydrogen) atoms. The van der Waals surface area contributed by atoms with Crippen molar-refractivity contribution < 1.29 is 51.3 Å². The number of carbonyl (C=O) groups is 3. The number of piperazine rings is 1. The highest BCUT2D eigenvalue weighted by Gasteiger charge is 2.50. The Bertz CT molecular complexity index is 4010. The summed E-state index contributed by atoms with van der Waals surface area (Å²) in [6, 6.07) is 11.0. The molecule has 2 amide bonds. The van der Waals surface area contributed by atoms with Gasteiger partial charge in [0, 0.05) is 77.6 Å². The number of cyclic esters (lactones) is 1. The number of alkyl halides is 1. The van der Waals surface area contributed by atoms with Crippen molar-refractivity contribution in [1.82, 2.24) is 29.3 Å². The Labute approximate surface area is 461 Å². The molecule has 7 aromatic rings. The highest BCUT2D eigenvalue weighted by atomic mass is 35.5. The van der Waals surface area contributed by atoms with E-state index in [9.17, 15) is 33.9 Å². The summed E-state index contributed by atoms with van der Waals surface area (Å²) in [5, 5.41) is 24.3. The number of rotatable bonds is 10. The number of halogens is 5. The molecule has 0 spiro atoms. The van der Waals surface area contributed by atoms with E-state index in [0.717, 1.165) is 29.9 Å². The molecule has 4 aromatic heterocycles. The number of pyridine rings is 2. The van der Waals surface area contributed by atoms with Crippen LogP contribution in [0.5, 0.6) is 6.01 Å². The first-order chi connectivity index (χ1) is 38.2. The second-order valence-corrected chi connectivity index (χ2v) is 22.5. The van der Waals surface area contributed by atoms with Crippen molar-refractivity contribution in [1.29, 1.82) is 5.26 Å². The first kappa shape index (κ1) is 52.8. The fraction of sp³-hybridized carbons (Fsp3) is 0.357. The Morgan fingerprint density at radius 1 is 1.10 bits per heavy atom. The maximum atomic E-state index is 17.5. The van der Waals surface area contributed by atoms with Crippen LogP contribution in [0.15, 0.2) is 59.4 Å². The van der Waals surface area contributed by atoms with Gasteiger partial charge in [-0.3, -0.25) is 19.8 Å². The number of hydrogen-bond donors (Lipinski definition) is 3. The molecule has 3 fully saturated rings. The quantitative estimate of drug-likeness (QED) is 0.0661. The largest absolute Gasteiger partial charge is 0.461 e. The fourth-order valence-electron chi connectivity index (χ4n) is 12.2. The molecule has 12 rings (SSSR count). The van der Waals surface area contributed by atoms with Gasteiger partial charge in [0.15, 0.2) is 11.4 Å². The van der Waals surface area contributed by atoms with E-state index in [1.54, 1.807) is 19.1 Å². The number of hydrogen-bond acceptors (Lipinski definition) is 16. The van der Waals surface area contributed by atoms with E-state index in [2.05, 4.69) is 26.8 Å². The van der Waals surface area contributed by atoms with Gasteiger partial charge in [0.05, 0.1) is 61.1 Å². The number of nitrogens with zero attached hydrogens (tertiary/aromatic N) is 8. The third kappa shape index (κ3) is 8.36. The number of nitrogens with one attached hydrogen (secondary N) is 1. The molecule has 412 valence electrons. The van der Waals surface area contributed by atoms with Crippen molar-refractivity contribution in [3.05, 3.63) is 110 Å². The van der Waals surface area contributed by atoms with E-state index < -0.39 is 70.4 Å². The van der Waals surface area contributed by atoms with E-state index in [1.807, 2.05) is 17.9 Å². The number of anilines is 3. The van der Waals surface area contributed by atoms with Gasteiger partial charge in [0.1, 0.15) is 59.5 Å². The van der Waals surface area contributed by atoms with Crippen LogP contribution in [0.2, 0.25) is 5.02 Å². The molecule has 0 bridgehead atoms. The summed E-state index contributed by atoms with van der Waals surface area (Å²) >= 11 is 7.82. The zero-order chi connectivity index (χ0) is 56.4. The molecule has 18 nitrogen and oxygen atoms in total. The molecule has 0 radical (unpaired) electrons. The van der Waals surface area contributed by atoms with Crippen LogP contribution in [0, 0.1) is 28.8 Å². The van der Waals surface area contributed by atoms with Crippen LogP contribution in [-0.2, 0) is 37.8 Å². The maximum Gasteiger partial charge on any atom is 0.412 e. The Balaban J connectivity index is 0.766. The Morgan fingerprint density at radius 3 is 2.66 bits per heavy atom. The number of aliphatic hydroxyl groups is 1. The van der Waals surface area contributed by atoms with Crippen LogP contribution < -0.4 is 26.2 Å². The number of amides is 2. The van der Waals surface area contributed by atoms with Gasteiger partial charge >= 0.3 is 18.1 Å². The summed E-state index contributed by atoms with van der Waals surface area (Å²) in [5.74, 6) is -3.59. The van der Waals surface area contributed by atoms with Crippen molar-refractivity contribution >= 4 is 89.3 Å². The third-order valence-corrected chi connectivity index (χ3v) is 17.7. The monoisotopic (exact) mass is 1130 g/mol. The molecule has 0 saturated carbocycles. The average molecular weight is 1130 g/mol. The minimum Gasteiger partial charge on any atom is -0.461 e. The normalized spacial score (nSPS) is 21.7. The summed E-state index contributed by atoms with van der Waals surface area (Å²) in [6.07, 6.45) is -1.57. The van der Waals surface area contributed by atoms with Gasteiger partial charge in [-0.2, -0.15) is 15.2 Å². The van der Waals surface area contributed by atoms with Gasteiger partial charge in [-0.15, -0.1) is 11.3 Å². The Hall–Kier alpha value is -7.91. The van der Waals surface area contributed by atoms with Gasteiger partial charge in [-0.05, 0) is 75.5 Å². The molecule has 0 aliphatic carbocycles.